The lowest BCUT2D eigenvalue weighted by atomic mass is 10.3. The van der Waals surface area contributed by atoms with Crippen molar-refractivity contribution in [1.82, 2.24) is 15.6 Å². The van der Waals surface area contributed by atoms with Gasteiger partial charge in [0.1, 0.15) is 0 Å². The molecule has 0 bridgehead atoms. The van der Waals surface area contributed by atoms with Gasteiger partial charge in [0.2, 0.25) is 0 Å². The number of thiophene rings is 1. The Morgan fingerprint density at radius 3 is 2.89 bits per heavy atom. The summed E-state index contributed by atoms with van der Waals surface area (Å²) in [4.78, 5) is 16.9. The highest BCUT2D eigenvalue weighted by Crippen LogP contribution is 2.26. The molecule has 0 aliphatic rings. The summed E-state index contributed by atoms with van der Waals surface area (Å²) in [7, 11) is 0. The van der Waals surface area contributed by atoms with Crippen molar-refractivity contribution in [3.05, 3.63) is 51.4 Å². The standard InChI is InChI=1S/C13H14ClN3OS/c1-9(11-5-6-12(14)19-11)17-13(18)16-8-10-4-2-3-7-15-10/h2-7,9H,8H2,1H3,(H2,16,17,18). The normalized spacial score (nSPS) is 11.9. The van der Waals surface area contributed by atoms with Gasteiger partial charge in [0, 0.05) is 11.1 Å². The van der Waals surface area contributed by atoms with Gasteiger partial charge in [-0.2, -0.15) is 0 Å². The van der Waals surface area contributed by atoms with Crippen LogP contribution in [0.5, 0.6) is 0 Å². The Bertz CT molecular complexity index is 544. The van der Waals surface area contributed by atoms with Gasteiger partial charge in [0.25, 0.3) is 0 Å². The fraction of sp³-hybridized carbons (Fsp3) is 0.231. The zero-order valence-electron chi connectivity index (χ0n) is 10.4. The van der Waals surface area contributed by atoms with E-state index in [1.165, 1.54) is 11.3 Å². The molecule has 2 N–H and O–H groups in total. The number of rotatable bonds is 4. The first-order chi connectivity index (χ1) is 9.15. The maximum Gasteiger partial charge on any atom is 0.315 e. The minimum atomic E-state index is -0.220. The molecule has 2 aromatic rings. The van der Waals surface area contributed by atoms with E-state index in [1.807, 2.05) is 37.3 Å². The Morgan fingerprint density at radius 2 is 2.26 bits per heavy atom. The molecule has 0 fully saturated rings. The van der Waals surface area contributed by atoms with E-state index in [1.54, 1.807) is 6.20 Å². The first-order valence-electron chi connectivity index (χ1n) is 5.84. The molecule has 2 rings (SSSR count). The predicted molar refractivity (Wildman–Crippen MR) is 77.4 cm³/mol. The lowest BCUT2D eigenvalue weighted by Gasteiger charge is -2.12. The second kappa shape index (κ2) is 6.54. The van der Waals surface area contributed by atoms with E-state index in [2.05, 4.69) is 15.6 Å². The zero-order valence-corrected chi connectivity index (χ0v) is 12.0. The van der Waals surface area contributed by atoms with Gasteiger partial charge in [-0.05, 0) is 31.2 Å². The molecule has 1 atom stereocenters. The van der Waals surface area contributed by atoms with Crippen LogP contribution in [0.1, 0.15) is 23.5 Å². The average Bonchev–Trinajstić information content (AvgIpc) is 2.84. The van der Waals surface area contributed by atoms with Gasteiger partial charge in [0.15, 0.2) is 0 Å². The molecule has 0 saturated carbocycles. The molecule has 0 aliphatic carbocycles. The van der Waals surface area contributed by atoms with E-state index < -0.39 is 0 Å². The lowest BCUT2D eigenvalue weighted by Crippen LogP contribution is -2.36. The third kappa shape index (κ3) is 4.22. The van der Waals surface area contributed by atoms with Crippen molar-refractivity contribution < 1.29 is 4.79 Å². The highest BCUT2D eigenvalue weighted by atomic mass is 35.5. The van der Waals surface area contributed by atoms with Crippen LogP contribution in [-0.2, 0) is 6.54 Å². The number of urea groups is 1. The fourth-order valence-corrected chi connectivity index (χ4v) is 2.62. The van der Waals surface area contributed by atoms with Crippen molar-refractivity contribution in [2.24, 2.45) is 0 Å². The van der Waals surface area contributed by atoms with Crippen LogP contribution in [0.2, 0.25) is 4.34 Å². The van der Waals surface area contributed by atoms with Crippen molar-refractivity contribution in [2.45, 2.75) is 19.5 Å². The molecule has 0 spiro atoms. The van der Waals surface area contributed by atoms with Crippen molar-refractivity contribution in [1.29, 1.82) is 0 Å². The molecular formula is C13H14ClN3OS. The van der Waals surface area contributed by atoms with Crippen LogP contribution in [0.4, 0.5) is 4.79 Å². The summed E-state index contributed by atoms with van der Waals surface area (Å²) in [6.07, 6.45) is 1.70. The van der Waals surface area contributed by atoms with Gasteiger partial charge in [0.05, 0.1) is 22.6 Å². The highest BCUT2D eigenvalue weighted by Gasteiger charge is 2.11. The number of carbonyl (C=O) groups is 1. The lowest BCUT2D eigenvalue weighted by molar-refractivity contribution is 0.237. The van der Waals surface area contributed by atoms with Gasteiger partial charge in [-0.3, -0.25) is 4.98 Å². The molecule has 100 valence electrons. The average molecular weight is 296 g/mol. The number of nitrogens with zero attached hydrogens (tertiary/aromatic N) is 1. The molecule has 0 aliphatic heterocycles. The zero-order chi connectivity index (χ0) is 13.7. The minimum absolute atomic E-state index is 0.0683. The summed E-state index contributed by atoms with van der Waals surface area (Å²) < 4.78 is 0.720. The molecule has 0 aromatic carbocycles. The highest BCUT2D eigenvalue weighted by molar-refractivity contribution is 7.16. The molecule has 0 radical (unpaired) electrons. The van der Waals surface area contributed by atoms with Gasteiger partial charge >= 0.3 is 6.03 Å². The predicted octanol–water partition coefficient (Wildman–Crippen LogP) is 3.36. The Balaban J connectivity index is 1.81. The first kappa shape index (κ1) is 13.8. The van der Waals surface area contributed by atoms with Crippen LogP contribution in [-0.4, -0.2) is 11.0 Å². The van der Waals surface area contributed by atoms with Crippen molar-refractivity contribution in [2.75, 3.05) is 0 Å². The van der Waals surface area contributed by atoms with Crippen LogP contribution >= 0.6 is 22.9 Å². The van der Waals surface area contributed by atoms with Crippen LogP contribution in [0.25, 0.3) is 0 Å². The summed E-state index contributed by atoms with van der Waals surface area (Å²) in [5.41, 5.74) is 0.824. The van der Waals surface area contributed by atoms with Gasteiger partial charge in [-0.15, -0.1) is 11.3 Å². The van der Waals surface area contributed by atoms with E-state index in [-0.39, 0.29) is 12.1 Å². The van der Waals surface area contributed by atoms with Crippen LogP contribution in [0, 0.1) is 0 Å². The maximum absolute atomic E-state index is 11.7. The third-order valence-corrected chi connectivity index (χ3v) is 3.94. The molecule has 2 amide bonds. The molecule has 0 saturated heterocycles. The SMILES string of the molecule is CC(NC(=O)NCc1ccccn1)c1ccc(Cl)s1. The van der Waals surface area contributed by atoms with Gasteiger partial charge in [-0.1, -0.05) is 17.7 Å². The van der Waals surface area contributed by atoms with E-state index in [0.717, 1.165) is 14.9 Å². The molecule has 6 heteroatoms. The Labute approximate surface area is 120 Å². The largest absolute Gasteiger partial charge is 0.332 e. The van der Waals surface area contributed by atoms with Crippen LogP contribution in [0.3, 0.4) is 0 Å². The molecule has 2 heterocycles. The quantitative estimate of drug-likeness (QED) is 0.909. The molecule has 19 heavy (non-hydrogen) atoms. The van der Waals surface area contributed by atoms with Crippen LogP contribution in [0.15, 0.2) is 36.5 Å². The summed E-state index contributed by atoms with van der Waals surface area (Å²) in [5, 5.41) is 5.62. The number of amides is 2. The van der Waals surface area contributed by atoms with Gasteiger partial charge in [-0.25, -0.2) is 4.79 Å². The number of hydrogen-bond donors (Lipinski definition) is 2. The molecule has 1 unspecified atom stereocenters. The first-order valence-corrected chi connectivity index (χ1v) is 7.04. The number of hydrogen-bond acceptors (Lipinski definition) is 3. The number of aromatic nitrogens is 1. The van der Waals surface area contributed by atoms with E-state index >= 15 is 0 Å². The summed E-state index contributed by atoms with van der Waals surface area (Å²) in [5.74, 6) is 0. The number of nitrogens with one attached hydrogen (secondary N) is 2. The number of pyridine rings is 1. The number of carbonyl (C=O) groups excluding carboxylic acids is 1. The van der Waals surface area contributed by atoms with E-state index in [9.17, 15) is 4.79 Å². The van der Waals surface area contributed by atoms with Crippen molar-refractivity contribution in [3.8, 4) is 0 Å². The second-order valence-corrected chi connectivity index (χ2v) is 5.76. The summed E-state index contributed by atoms with van der Waals surface area (Å²) >= 11 is 7.33. The summed E-state index contributed by atoms with van der Waals surface area (Å²) in [6, 6.07) is 9.04. The van der Waals surface area contributed by atoms with Gasteiger partial charge < -0.3 is 10.6 Å². The van der Waals surface area contributed by atoms with Crippen molar-refractivity contribution in [3.63, 3.8) is 0 Å². The Hall–Kier alpha value is -1.59. The van der Waals surface area contributed by atoms with E-state index in [4.69, 9.17) is 11.6 Å². The fourth-order valence-electron chi connectivity index (χ4n) is 1.55. The number of halogens is 1. The topological polar surface area (TPSA) is 54.0 Å². The minimum Gasteiger partial charge on any atom is -0.332 e. The van der Waals surface area contributed by atoms with Crippen molar-refractivity contribution >= 4 is 29.0 Å². The molecular weight excluding hydrogens is 282 g/mol. The summed E-state index contributed by atoms with van der Waals surface area (Å²) in [6.45, 7) is 2.33. The maximum atomic E-state index is 11.7. The Kier molecular flexibility index (Phi) is 4.76. The smallest absolute Gasteiger partial charge is 0.315 e. The molecule has 2 aromatic heterocycles. The van der Waals surface area contributed by atoms with E-state index in [0.29, 0.717) is 6.54 Å². The monoisotopic (exact) mass is 295 g/mol. The second-order valence-electron chi connectivity index (χ2n) is 4.01. The third-order valence-electron chi connectivity index (χ3n) is 2.52. The van der Waals surface area contributed by atoms with Crippen LogP contribution < -0.4 is 10.6 Å². The Morgan fingerprint density at radius 1 is 1.42 bits per heavy atom. The molecule has 4 nitrogen and oxygen atoms in total.